The number of rotatable bonds is 4. The normalized spacial score (nSPS) is 14.1. The summed E-state index contributed by atoms with van der Waals surface area (Å²) in [6, 6.07) is 13.7. The number of imidazole rings is 1. The van der Waals surface area contributed by atoms with Crippen LogP contribution in [0.3, 0.4) is 0 Å². The van der Waals surface area contributed by atoms with Gasteiger partial charge in [0.25, 0.3) is 0 Å². The topological polar surface area (TPSA) is 30.7 Å². The lowest BCUT2D eigenvalue weighted by atomic mass is 10.1. The molecule has 0 N–H and O–H groups in total. The lowest BCUT2D eigenvalue weighted by Crippen LogP contribution is -2.08. The van der Waals surface area contributed by atoms with E-state index in [2.05, 4.69) is 9.95 Å². The van der Waals surface area contributed by atoms with Crippen molar-refractivity contribution in [1.29, 1.82) is 0 Å². The van der Waals surface area contributed by atoms with Crippen molar-refractivity contribution < 1.29 is 0 Å². The van der Waals surface area contributed by atoms with Crippen molar-refractivity contribution in [2.75, 3.05) is 0 Å². The molecular formula is C25H22Cl3N3S. The number of hydrogen-bond acceptors (Lipinski definition) is 3. The third kappa shape index (κ3) is 4.60. The van der Waals surface area contributed by atoms with Crippen molar-refractivity contribution in [2.24, 2.45) is 0 Å². The molecule has 3 heterocycles. The maximum absolute atomic E-state index is 6.20. The molecule has 0 saturated carbocycles. The van der Waals surface area contributed by atoms with Crippen LogP contribution in [0, 0.1) is 0 Å². The summed E-state index contributed by atoms with van der Waals surface area (Å²) in [6.45, 7) is 0.977. The van der Waals surface area contributed by atoms with E-state index in [1.54, 1.807) is 11.3 Å². The minimum Gasteiger partial charge on any atom is -0.326 e. The van der Waals surface area contributed by atoms with Crippen LogP contribution < -0.4 is 0 Å². The molecule has 2 aromatic carbocycles. The molecule has 0 bridgehead atoms. The van der Waals surface area contributed by atoms with Crippen molar-refractivity contribution in [2.45, 2.75) is 45.1 Å². The van der Waals surface area contributed by atoms with E-state index < -0.39 is 0 Å². The maximum Gasteiger partial charge on any atom is 0.109 e. The lowest BCUT2D eigenvalue weighted by Gasteiger charge is -2.14. The molecule has 0 amide bonds. The second kappa shape index (κ2) is 9.56. The molecule has 0 radical (unpaired) electrons. The number of nitrogens with zero attached hydrogens (tertiary/aromatic N) is 3. The number of aromatic nitrogens is 3. The van der Waals surface area contributed by atoms with Gasteiger partial charge in [-0.3, -0.25) is 0 Å². The van der Waals surface area contributed by atoms with Crippen LogP contribution in [0.1, 0.15) is 42.1 Å². The summed E-state index contributed by atoms with van der Waals surface area (Å²) in [5.41, 5.74) is 5.25. The van der Waals surface area contributed by atoms with E-state index in [1.807, 2.05) is 42.5 Å². The minimum absolute atomic E-state index is 0.570. The van der Waals surface area contributed by atoms with Crippen LogP contribution in [0.2, 0.25) is 15.1 Å². The third-order valence-corrected chi connectivity index (χ3v) is 7.67. The summed E-state index contributed by atoms with van der Waals surface area (Å²) in [5, 5.41) is 5.06. The van der Waals surface area contributed by atoms with Crippen LogP contribution >= 0.6 is 46.1 Å². The van der Waals surface area contributed by atoms with E-state index in [0.717, 1.165) is 69.9 Å². The molecule has 7 heteroatoms. The second-order valence-electron chi connectivity index (χ2n) is 8.10. The molecule has 3 nitrogen and oxygen atoms in total. The zero-order valence-electron chi connectivity index (χ0n) is 17.5. The van der Waals surface area contributed by atoms with Gasteiger partial charge in [-0.25, -0.2) is 9.97 Å². The Kier molecular flexibility index (Phi) is 6.56. The fourth-order valence-corrected chi connectivity index (χ4v) is 5.49. The quantitative estimate of drug-likeness (QED) is 0.281. The summed E-state index contributed by atoms with van der Waals surface area (Å²) in [4.78, 5) is 10.1. The monoisotopic (exact) mass is 501 g/mol. The number of aryl methyl sites for hydroxylation is 1. The molecule has 32 heavy (non-hydrogen) atoms. The first kappa shape index (κ1) is 22.0. The Balaban J connectivity index is 1.56. The van der Waals surface area contributed by atoms with Gasteiger partial charge in [0.05, 0.1) is 26.4 Å². The van der Waals surface area contributed by atoms with E-state index in [4.69, 9.17) is 44.8 Å². The average molecular weight is 503 g/mol. The fourth-order valence-electron chi connectivity index (χ4n) is 4.23. The van der Waals surface area contributed by atoms with Crippen molar-refractivity contribution in [3.8, 4) is 22.6 Å². The number of fused-ring (bicyclic) bond motifs is 1. The van der Waals surface area contributed by atoms with E-state index in [-0.39, 0.29) is 0 Å². The van der Waals surface area contributed by atoms with E-state index in [0.29, 0.717) is 10.0 Å². The Labute approximate surface area is 207 Å². The molecule has 4 aromatic rings. The molecule has 0 unspecified atom stereocenters. The third-order valence-electron chi connectivity index (χ3n) is 5.83. The largest absolute Gasteiger partial charge is 0.326 e. The van der Waals surface area contributed by atoms with Crippen molar-refractivity contribution in [1.82, 2.24) is 14.5 Å². The Morgan fingerprint density at radius 1 is 0.875 bits per heavy atom. The molecular weight excluding hydrogens is 481 g/mol. The molecule has 0 saturated heterocycles. The van der Waals surface area contributed by atoms with Gasteiger partial charge in [-0.2, -0.15) is 0 Å². The van der Waals surface area contributed by atoms with Crippen molar-refractivity contribution >= 4 is 46.1 Å². The van der Waals surface area contributed by atoms with Gasteiger partial charge in [0.1, 0.15) is 11.5 Å². The van der Waals surface area contributed by atoms with E-state index in [1.165, 1.54) is 19.3 Å². The van der Waals surface area contributed by atoms with Crippen LogP contribution in [0.15, 0.2) is 47.8 Å². The van der Waals surface area contributed by atoms with Crippen LogP contribution in [0.25, 0.3) is 22.6 Å². The molecule has 0 atom stereocenters. The highest BCUT2D eigenvalue weighted by Crippen LogP contribution is 2.36. The molecule has 164 valence electrons. The summed E-state index contributed by atoms with van der Waals surface area (Å²) in [6.07, 6.45) is 6.59. The Morgan fingerprint density at radius 3 is 2.50 bits per heavy atom. The smallest absolute Gasteiger partial charge is 0.109 e. The first-order valence-corrected chi connectivity index (χ1v) is 12.8. The van der Waals surface area contributed by atoms with Gasteiger partial charge < -0.3 is 4.57 Å². The van der Waals surface area contributed by atoms with Gasteiger partial charge in [-0.15, -0.1) is 11.3 Å². The number of halogens is 3. The maximum atomic E-state index is 6.20. The first-order chi connectivity index (χ1) is 15.6. The highest BCUT2D eigenvalue weighted by molar-refractivity contribution is 7.10. The Morgan fingerprint density at radius 2 is 1.69 bits per heavy atom. The molecule has 2 aromatic heterocycles. The van der Waals surface area contributed by atoms with Crippen LogP contribution in [-0.2, 0) is 19.4 Å². The molecule has 0 aliphatic carbocycles. The average Bonchev–Trinajstić information content (AvgIpc) is 3.35. The number of benzene rings is 2. The molecule has 5 rings (SSSR count). The van der Waals surface area contributed by atoms with E-state index >= 15 is 0 Å². The molecule has 1 aliphatic rings. The van der Waals surface area contributed by atoms with Crippen LogP contribution in [0.5, 0.6) is 0 Å². The SMILES string of the molecule is Clc1ccc(-c2nc3n(c2-c2csc(Cc4ccc(Cl)c(Cl)c4)n2)CCCCCC3)cc1. The highest BCUT2D eigenvalue weighted by atomic mass is 35.5. The van der Waals surface area contributed by atoms with E-state index in [9.17, 15) is 0 Å². The van der Waals surface area contributed by atoms with Gasteiger partial charge >= 0.3 is 0 Å². The minimum atomic E-state index is 0.570. The molecule has 0 fully saturated rings. The first-order valence-electron chi connectivity index (χ1n) is 10.8. The standard InChI is InChI=1S/C25H22Cl3N3S/c26-18-9-7-17(8-10-18)24-25(31-12-4-2-1-3-5-22(31)30-24)21-15-32-23(29-21)14-16-6-11-19(27)20(28)13-16/h6-11,13,15H,1-5,12,14H2. The predicted molar refractivity (Wildman–Crippen MR) is 135 cm³/mol. The van der Waals surface area contributed by atoms with Gasteiger partial charge in [-0.1, -0.05) is 65.8 Å². The lowest BCUT2D eigenvalue weighted by molar-refractivity contribution is 0.518. The summed E-state index contributed by atoms with van der Waals surface area (Å²) >= 11 is 20.1. The zero-order valence-corrected chi connectivity index (χ0v) is 20.5. The summed E-state index contributed by atoms with van der Waals surface area (Å²) < 4.78 is 2.39. The number of thiazole rings is 1. The summed E-state index contributed by atoms with van der Waals surface area (Å²) in [7, 11) is 0. The van der Waals surface area contributed by atoms with Crippen LogP contribution in [-0.4, -0.2) is 14.5 Å². The van der Waals surface area contributed by atoms with Gasteiger partial charge in [0.15, 0.2) is 0 Å². The van der Waals surface area contributed by atoms with Gasteiger partial charge in [-0.05, 0) is 42.7 Å². The molecule has 0 spiro atoms. The van der Waals surface area contributed by atoms with Crippen LogP contribution in [0.4, 0.5) is 0 Å². The fraction of sp³-hybridized carbons (Fsp3) is 0.280. The van der Waals surface area contributed by atoms with Gasteiger partial charge in [0.2, 0.25) is 0 Å². The number of hydrogen-bond donors (Lipinski definition) is 0. The Bertz CT molecular complexity index is 1240. The Hall–Kier alpha value is -1.85. The highest BCUT2D eigenvalue weighted by Gasteiger charge is 2.22. The van der Waals surface area contributed by atoms with Crippen molar-refractivity contribution in [3.63, 3.8) is 0 Å². The van der Waals surface area contributed by atoms with Gasteiger partial charge in [0, 0.05) is 35.4 Å². The predicted octanol–water partition coefficient (Wildman–Crippen LogP) is 8.34. The summed E-state index contributed by atoms with van der Waals surface area (Å²) in [5.74, 6) is 1.16. The molecule has 1 aliphatic heterocycles. The zero-order chi connectivity index (χ0) is 22.1. The second-order valence-corrected chi connectivity index (χ2v) is 10.3. The van der Waals surface area contributed by atoms with Crippen molar-refractivity contribution in [3.05, 3.63) is 79.3 Å².